The molecule has 0 heterocycles. The standard InChI is InChI=1S/C16H16BrClFN/c1-2-7-20-16(11-3-5-15(19)6-4-11)12-8-13(17)10-14(18)9-12/h3-6,8-10,16,20H,2,7H2,1H3. The average Bonchev–Trinajstić information content (AvgIpc) is 2.40. The number of nitrogens with one attached hydrogen (secondary N) is 1. The summed E-state index contributed by atoms with van der Waals surface area (Å²) in [5.41, 5.74) is 2.08. The van der Waals surface area contributed by atoms with E-state index >= 15 is 0 Å². The summed E-state index contributed by atoms with van der Waals surface area (Å²) in [4.78, 5) is 0. The van der Waals surface area contributed by atoms with Crippen molar-refractivity contribution in [1.82, 2.24) is 5.32 Å². The van der Waals surface area contributed by atoms with Gasteiger partial charge in [0, 0.05) is 9.50 Å². The molecule has 0 aromatic heterocycles. The van der Waals surface area contributed by atoms with Crippen LogP contribution in [0, 0.1) is 5.82 Å². The van der Waals surface area contributed by atoms with E-state index in [1.54, 1.807) is 12.1 Å². The summed E-state index contributed by atoms with van der Waals surface area (Å²) < 4.78 is 14.0. The van der Waals surface area contributed by atoms with Crippen molar-refractivity contribution in [2.24, 2.45) is 0 Å². The van der Waals surface area contributed by atoms with Gasteiger partial charge in [0.2, 0.25) is 0 Å². The number of hydrogen-bond acceptors (Lipinski definition) is 1. The molecule has 0 radical (unpaired) electrons. The Morgan fingerprint density at radius 2 is 1.85 bits per heavy atom. The molecule has 0 aliphatic rings. The Hall–Kier alpha value is -0.900. The first kappa shape index (κ1) is 15.5. The van der Waals surface area contributed by atoms with Crippen molar-refractivity contribution in [2.75, 3.05) is 6.54 Å². The van der Waals surface area contributed by atoms with Crippen LogP contribution in [0.4, 0.5) is 4.39 Å². The van der Waals surface area contributed by atoms with Gasteiger partial charge in [0.05, 0.1) is 6.04 Å². The molecule has 0 amide bonds. The Morgan fingerprint density at radius 1 is 1.15 bits per heavy atom. The van der Waals surface area contributed by atoms with E-state index in [1.807, 2.05) is 18.2 Å². The summed E-state index contributed by atoms with van der Waals surface area (Å²) in [5, 5.41) is 4.15. The van der Waals surface area contributed by atoms with Crippen LogP contribution in [0.2, 0.25) is 5.02 Å². The second-order valence-electron chi connectivity index (χ2n) is 4.64. The molecule has 106 valence electrons. The van der Waals surface area contributed by atoms with E-state index in [1.165, 1.54) is 12.1 Å². The molecular weight excluding hydrogens is 341 g/mol. The molecule has 0 spiro atoms. The Bertz CT molecular complexity index is 551. The Labute approximate surface area is 132 Å². The highest BCUT2D eigenvalue weighted by Crippen LogP contribution is 2.28. The van der Waals surface area contributed by atoms with Gasteiger partial charge in [-0.1, -0.05) is 46.6 Å². The van der Waals surface area contributed by atoms with Gasteiger partial charge >= 0.3 is 0 Å². The van der Waals surface area contributed by atoms with Crippen molar-refractivity contribution in [2.45, 2.75) is 19.4 Å². The monoisotopic (exact) mass is 355 g/mol. The molecule has 0 fully saturated rings. The van der Waals surface area contributed by atoms with Crippen LogP contribution in [0.25, 0.3) is 0 Å². The third-order valence-corrected chi connectivity index (χ3v) is 3.70. The average molecular weight is 357 g/mol. The van der Waals surface area contributed by atoms with Crippen LogP contribution in [0.1, 0.15) is 30.5 Å². The maximum Gasteiger partial charge on any atom is 0.123 e. The minimum atomic E-state index is -0.227. The Balaban J connectivity index is 2.38. The summed E-state index contributed by atoms with van der Waals surface area (Å²) in [7, 11) is 0. The molecule has 1 atom stereocenters. The fourth-order valence-electron chi connectivity index (χ4n) is 2.11. The Morgan fingerprint density at radius 3 is 2.45 bits per heavy atom. The molecule has 0 aliphatic carbocycles. The second-order valence-corrected chi connectivity index (χ2v) is 5.99. The quantitative estimate of drug-likeness (QED) is 0.763. The fourth-order valence-corrected chi connectivity index (χ4v) is 3.00. The first-order valence-electron chi connectivity index (χ1n) is 6.55. The lowest BCUT2D eigenvalue weighted by molar-refractivity contribution is 0.593. The predicted octanol–water partition coefficient (Wildman–Crippen LogP) is 5.33. The van der Waals surface area contributed by atoms with Crippen LogP contribution in [-0.2, 0) is 0 Å². The number of halogens is 3. The summed E-state index contributed by atoms with van der Waals surface area (Å²) in [5.74, 6) is -0.227. The number of hydrogen-bond donors (Lipinski definition) is 1. The molecule has 0 saturated carbocycles. The molecule has 2 aromatic carbocycles. The van der Waals surface area contributed by atoms with E-state index in [9.17, 15) is 4.39 Å². The molecule has 0 aliphatic heterocycles. The van der Waals surface area contributed by atoms with Crippen molar-refractivity contribution in [3.05, 3.63) is 68.9 Å². The molecule has 2 rings (SSSR count). The van der Waals surface area contributed by atoms with E-state index in [4.69, 9.17) is 11.6 Å². The summed E-state index contributed by atoms with van der Waals surface area (Å²) in [6.45, 7) is 2.99. The van der Waals surface area contributed by atoms with Crippen molar-refractivity contribution >= 4 is 27.5 Å². The van der Waals surface area contributed by atoms with Crippen LogP contribution in [-0.4, -0.2) is 6.54 Å². The molecular formula is C16H16BrClFN. The van der Waals surface area contributed by atoms with Crippen molar-refractivity contribution < 1.29 is 4.39 Å². The number of benzene rings is 2. The van der Waals surface area contributed by atoms with Crippen LogP contribution >= 0.6 is 27.5 Å². The second kappa shape index (κ2) is 7.21. The first-order chi connectivity index (χ1) is 9.60. The minimum Gasteiger partial charge on any atom is -0.306 e. The van der Waals surface area contributed by atoms with Crippen molar-refractivity contribution in [1.29, 1.82) is 0 Å². The maximum atomic E-state index is 13.1. The smallest absolute Gasteiger partial charge is 0.123 e. The molecule has 4 heteroatoms. The molecule has 0 bridgehead atoms. The Kier molecular flexibility index (Phi) is 5.58. The van der Waals surface area contributed by atoms with Gasteiger partial charge in [-0.3, -0.25) is 0 Å². The van der Waals surface area contributed by atoms with E-state index in [2.05, 4.69) is 28.2 Å². The van der Waals surface area contributed by atoms with Crippen molar-refractivity contribution in [3.63, 3.8) is 0 Å². The highest BCUT2D eigenvalue weighted by Gasteiger charge is 2.14. The van der Waals surface area contributed by atoms with Gasteiger partial charge in [0.15, 0.2) is 0 Å². The zero-order chi connectivity index (χ0) is 14.5. The van der Waals surface area contributed by atoms with E-state index in [0.717, 1.165) is 28.6 Å². The highest BCUT2D eigenvalue weighted by molar-refractivity contribution is 9.10. The van der Waals surface area contributed by atoms with Gasteiger partial charge in [-0.25, -0.2) is 4.39 Å². The van der Waals surface area contributed by atoms with E-state index in [0.29, 0.717) is 5.02 Å². The lowest BCUT2D eigenvalue weighted by atomic mass is 9.98. The minimum absolute atomic E-state index is 0.00514. The molecule has 20 heavy (non-hydrogen) atoms. The van der Waals surface area contributed by atoms with Crippen LogP contribution in [0.5, 0.6) is 0 Å². The van der Waals surface area contributed by atoms with Crippen LogP contribution in [0.3, 0.4) is 0 Å². The van der Waals surface area contributed by atoms with Gasteiger partial charge in [0.25, 0.3) is 0 Å². The molecule has 2 aromatic rings. The summed E-state index contributed by atoms with van der Waals surface area (Å²) >= 11 is 9.58. The summed E-state index contributed by atoms with van der Waals surface area (Å²) in [6.07, 6.45) is 1.03. The lowest BCUT2D eigenvalue weighted by Crippen LogP contribution is -2.23. The van der Waals surface area contributed by atoms with Gasteiger partial charge in [0.1, 0.15) is 5.82 Å². The topological polar surface area (TPSA) is 12.0 Å². The van der Waals surface area contributed by atoms with Gasteiger partial charge in [-0.05, 0) is 54.4 Å². The van der Waals surface area contributed by atoms with Crippen LogP contribution in [0.15, 0.2) is 46.9 Å². The van der Waals surface area contributed by atoms with Crippen molar-refractivity contribution in [3.8, 4) is 0 Å². The maximum absolute atomic E-state index is 13.1. The van der Waals surface area contributed by atoms with Gasteiger partial charge < -0.3 is 5.32 Å². The zero-order valence-electron chi connectivity index (χ0n) is 11.2. The van der Waals surface area contributed by atoms with Gasteiger partial charge in [-0.2, -0.15) is 0 Å². The molecule has 0 saturated heterocycles. The molecule has 1 N–H and O–H groups in total. The van der Waals surface area contributed by atoms with Gasteiger partial charge in [-0.15, -0.1) is 0 Å². The third-order valence-electron chi connectivity index (χ3n) is 3.02. The van der Waals surface area contributed by atoms with Crippen LogP contribution < -0.4 is 5.32 Å². The fraction of sp³-hybridized carbons (Fsp3) is 0.250. The zero-order valence-corrected chi connectivity index (χ0v) is 13.5. The predicted molar refractivity (Wildman–Crippen MR) is 85.7 cm³/mol. The third kappa shape index (κ3) is 4.05. The first-order valence-corrected chi connectivity index (χ1v) is 7.72. The largest absolute Gasteiger partial charge is 0.306 e. The SMILES string of the molecule is CCCNC(c1ccc(F)cc1)c1cc(Cl)cc(Br)c1. The summed E-state index contributed by atoms with van der Waals surface area (Å²) in [6, 6.07) is 12.4. The lowest BCUT2D eigenvalue weighted by Gasteiger charge is -2.20. The van der Waals surface area contributed by atoms with E-state index < -0.39 is 0 Å². The highest BCUT2D eigenvalue weighted by atomic mass is 79.9. The molecule has 1 nitrogen and oxygen atoms in total. The molecule has 1 unspecified atom stereocenters. The van der Waals surface area contributed by atoms with E-state index in [-0.39, 0.29) is 11.9 Å². The normalized spacial score (nSPS) is 12.4. The number of rotatable bonds is 5.